The Hall–Kier alpha value is -3.06. The van der Waals surface area contributed by atoms with Crippen LogP contribution in [0.25, 0.3) is 11.4 Å². The maximum absolute atomic E-state index is 13.1. The van der Waals surface area contributed by atoms with E-state index in [2.05, 4.69) is 27.3 Å². The molecule has 0 unspecified atom stereocenters. The summed E-state index contributed by atoms with van der Waals surface area (Å²) in [4.78, 5) is 19.2. The van der Waals surface area contributed by atoms with Gasteiger partial charge in [-0.05, 0) is 74.3 Å². The number of carbonyl (C=O) groups excluding carboxylic acids is 1. The maximum Gasteiger partial charge on any atom is 0.241 e. The van der Waals surface area contributed by atoms with E-state index >= 15 is 0 Å². The van der Waals surface area contributed by atoms with E-state index in [-0.39, 0.29) is 17.6 Å². The van der Waals surface area contributed by atoms with Gasteiger partial charge in [0.1, 0.15) is 5.82 Å². The van der Waals surface area contributed by atoms with E-state index in [1.807, 2.05) is 24.3 Å². The van der Waals surface area contributed by atoms with Gasteiger partial charge in [0.15, 0.2) is 0 Å². The summed E-state index contributed by atoms with van der Waals surface area (Å²) < 4.78 is 18.4. The van der Waals surface area contributed by atoms with Gasteiger partial charge in [0.2, 0.25) is 17.6 Å². The Labute approximate surface area is 175 Å². The number of amides is 1. The van der Waals surface area contributed by atoms with Crippen LogP contribution in [0.15, 0.2) is 53.1 Å². The lowest BCUT2D eigenvalue weighted by Gasteiger charge is -2.30. The van der Waals surface area contributed by atoms with Crippen LogP contribution in [0.5, 0.6) is 0 Å². The Morgan fingerprint density at radius 3 is 2.50 bits per heavy atom. The van der Waals surface area contributed by atoms with Gasteiger partial charge in [-0.1, -0.05) is 24.2 Å². The van der Waals surface area contributed by atoms with Crippen LogP contribution in [0.2, 0.25) is 0 Å². The molecule has 1 N–H and O–H groups in total. The van der Waals surface area contributed by atoms with Gasteiger partial charge < -0.3 is 9.84 Å². The van der Waals surface area contributed by atoms with Crippen LogP contribution >= 0.6 is 0 Å². The molecule has 0 aliphatic carbocycles. The second kappa shape index (κ2) is 9.17. The second-order valence-corrected chi connectivity index (χ2v) is 7.61. The van der Waals surface area contributed by atoms with Crippen molar-refractivity contribution in [2.24, 2.45) is 5.92 Å². The number of benzene rings is 2. The quantitative estimate of drug-likeness (QED) is 0.659. The highest BCUT2D eigenvalue weighted by Gasteiger charge is 2.26. The van der Waals surface area contributed by atoms with Gasteiger partial charge in [0.25, 0.3) is 0 Å². The first-order valence-electron chi connectivity index (χ1n) is 10.3. The van der Waals surface area contributed by atoms with Crippen molar-refractivity contribution in [2.45, 2.75) is 32.7 Å². The number of likely N-dealkylation sites (tertiary alicyclic amines) is 1. The molecule has 1 aliphatic rings. The van der Waals surface area contributed by atoms with Gasteiger partial charge in [-0.2, -0.15) is 4.98 Å². The third kappa shape index (κ3) is 4.91. The van der Waals surface area contributed by atoms with Crippen LogP contribution in [0.4, 0.5) is 10.1 Å². The molecule has 7 heteroatoms. The standard InChI is InChI=1S/C23H25FN4O2/c1-2-16-3-9-20(10-4-16)25-23(29)18-11-13-28(14-12-18)15-21-26-22(27-30-21)17-5-7-19(24)8-6-17/h3-10,18H,2,11-15H2,1H3,(H,25,29). The summed E-state index contributed by atoms with van der Waals surface area (Å²) in [6.07, 6.45) is 2.56. The summed E-state index contributed by atoms with van der Waals surface area (Å²) in [7, 11) is 0. The molecule has 2 heterocycles. The highest BCUT2D eigenvalue weighted by atomic mass is 19.1. The first-order chi connectivity index (χ1) is 14.6. The Bertz CT molecular complexity index is 977. The molecule has 1 fully saturated rings. The summed E-state index contributed by atoms with van der Waals surface area (Å²) in [5, 5.41) is 7.01. The summed E-state index contributed by atoms with van der Waals surface area (Å²) in [5.41, 5.74) is 2.82. The Kier molecular flexibility index (Phi) is 6.18. The van der Waals surface area contributed by atoms with E-state index in [9.17, 15) is 9.18 Å². The number of nitrogens with one attached hydrogen (secondary N) is 1. The number of aromatic nitrogens is 2. The first-order valence-corrected chi connectivity index (χ1v) is 10.3. The van der Waals surface area contributed by atoms with Crippen molar-refractivity contribution in [1.29, 1.82) is 0 Å². The number of carbonyl (C=O) groups is 1. The fourth-order valence-electron chi connectivity index (χ4n) is 3.65. The average Bonchev–Trinajstić information content (AvgIpc) is 3.23. The van der Waals surface area contributed by atoms with E-state index in [4.69, 9.17) is 4.52 Å². The molecule has 3 aromatic rings. The van der Waals surface area contributed by atoms with Crippen molar-refractivity contribution >= 4 is 11.6 Å². The number of hydrogen-bond acceptors (Lipinski definition) is 5. The topological polar surface area (TPSA) is 71.3 Å². The molecule has 1 saturated heterocycles. The third-order valence-corrected chi connectivity index (χ3v) is 5.52. The fraction of sp³-hybridized carbons (Fsp3) is 0.348. The molecule has 6 nitrogen and oxygen atoms in total. The van der Waals surface area contributed by atoms with Crippen molar-refractivity contribution in [3.05, 3.63) is 65.8 Å². The minimum Gasteiger partial charge on any atom is -0.338 e. The summed E-state index contributed by atoms with van der Waals surface area (Å²) in [6.45, 7) is 4.24. The maximum atomic E-state index is 13.1. The second-order valence-electron chi connectivity index (χ2n) is 7.61. The monoisotopic (exact) mass is 408 g/mol. The third-order valence-electron chi connectivity index (χ3n) is 5.52. The van der Waals surface area contributed by atoms with Crippen LogP contribution in [0.1, 0.15) is 31.2 Å². The zero-order valence-corrected chi connectivity index (χ0v) is 17.0. The van der Waals surface area contributed by atoms with Gasteiger partial charge in [0, 0.05) is 17.2 Å². The van der Waals surface area contributed by atoms with Crippen LogP contribution in [-0.4, -0.2) is 34.0 Å². The van der Waals surface area contributed by atoms with Crippen molar-refractivity contribution in [3.63, 3.8) is 0 Å². The highest BCUT2D eigenvalue weighted by molar-refractivity contribution is 5.92. The van der Waals surface area contributed by atoms with Gasteiger partial charge in [0.05, 0.1) is 6.54 Å². The predicted molar refractivity (Wildman–Crippen MR) is 112 cm³/mol. The zero-order valence-electron chi connectivity index (χ0n) is 17.0. The SMILES string of the molecule is CCc1ccc(NC(=O)C2CCN(Cc3nc(-c4ccc(F)cc4)no3)CC2)cc1. The van der Waals surface area contributed by atoms with Gasteiger partial charge in [-0.25, -0.2) is 4.39 Å². The van der Waals surface area contributed by atoms with E-state index in [1.54, 1.807) is 12.1 Å². The molecule has 1 aliphatic heterocycles. The fourth-order valence-corrected chi connectivity index (χ4v) is 3.65. The summed E-state index contributed by atoms with van der Waals surface area (Å²) in [5.74, 6) is 0.758. The molecule has 2 aromatic carbocycles. The number of piperidine rings is 1. The normalized spacial score (nSPS) is 15.3. The average molecular weight is 408 g/mol. The molecule has 1 aromatic heterocycles. The molecule has 0 saturated carbocycles. The Morgan fingerprint density at radius 1 is 1.13 bits per heavy atom. The molecule has 0 bridgehead atoms. The minimum absolute atomic E-state index is 0.00423. The molecular weight excluding hydrogens is 383 g/mol. The lowest BCUT2D eigenvalue weighted by molar-refractivity contribution is -0.121. The number of rotatable bonds is 6. The van der Waals surface area contributed by atoms with Crippen molar-refractivity contribution < 1.29 is 13.7 Å². The number of nitrogens with zero attached hydrogens (tertiary/aromatic N) is 3. The van der Waals surface area contributed by atoms with E-state index in [1.165, 1.54) is 17.7 Å². The largest absolute Gasteiger partial charge is 0.338 e. The molecular formula is C23H25FN4O2. The van der Waals surface area contributed by atoms with Crippen LogP contribution < -0.4 is 5.32 Å². The van der Waals surface area contributed by atoms with Crippen LogP contribution in [-0.2, 0) is 17.8 Å². The molecule has 0 atom stereocenters. The van der Waals surface area contributed by atoms with Crippen molar-refractivity contribution in [1.82, 2.24) is 15.0 Å². The molecule has 1 amide bonds. The number of anilines is 1. The minimum atomic E-state index is -0.299. The Morgan fingerprint density at radius 2 is 1.83 bits per heavy atom. The van der Waals surface area contributed by atoms with Gasteiger partial charge in [-0.3, -0.25) is 9.69 Å². The molecule has 0 radical (unpaired) electrons. The van der Waals surface area contributed by atoms with Crippen molar-refractivity contribution in [3.8, 4) is 11.4 Å². The van der Waals surface area contributed by atoms with Gasteiger partial charge >= 0.3 is 0 Å². The lowest BCUT2D eigenvalue weighted by atomic mass is 9.96. The van der Waals surface area contributed by atoms with Crippen molar-refractivity contribution in [2.75, 3.05) is 18.4 Å². The lowest BCUT2D eigenvalue weighted by Crippen LogP contribution is -2.37. The molecule has 4 rings (SSSR count). The smallest absolute Gasteiger partial charge is 0.241 e. The summed E-state index contributed by atoms with van der Waals surface area (Å²) >= 11 is 0. The van der Waals surface area contributed by atoms with E-state index in [0.29, 0.717) is 23.8 Å². The number of aryl methyl sites for hydroxylation is 1. The number of hydrogen-bond donors (Lipinski definition) is 1. The van der Waals surface area contributed by atoms with Gasteiger partial charge in [-0.15, -0.1) is 0 Å². The zero-order chi connectivity index (χ0) is 20.9. The van der Waals surface area contributed by atoms with E-state index in [0.717, 1.165) is 38.0 Å². The highest BCUT2D eigenvalue weighted by Crippen LogP contribution is 2.22. The summed E-state index contributed by atoms with van der Waals surface area (Å²) in [6, 6.07) is 14.0. The number of halogens is 1. The first kappa shape index (κ1) is 20.2. The van der Waals surface area contributed by atoms with Crippen LogP contribution in [0.3, 0.4) is 0 Å². The molecule has 156 valence electrons. The molecule has 30 heavy (non-hydrogen) atoms. The Balaban J connectivity index is 1.27. The van der Waals surface area contributed by atoms with Crippen LogP contribution in [0, 0.1) is 11.7 Å². The van der Waals surface area contributed by atoms with E-state index < -0.39 is 0 Å². The predicted octanol–water partition coefficient (Wildman–Crippen LogP) is 4.29. The molecule has 0 spiro atoms.